The van der Waals surface area contributed by atoms with E-state index < -0.39 is 17.7 Å². The molecule has 24 heavy (non-hydrogen) atoms. The van der Waals surface area contributed by atoms with E-state index in [4.69, 9.17) is 5.73 Å². The highest BCUT2D eigenvalue weighted by Gasteiger charge is 2.55. The Kier molecular flexibility index (Phi) is 3.24. The molecule has 1 aromatic heterocycles. The predicted molar refractivity (Wildman–Crippen MR) is 87.5 cm³/mol. The van der Waals surface area contributed by atoms with Gasteiger partial charge in [-0.1, -0.05) is 30.3 Å². The van der Waals surface area contributed by atoms with Crippen LogP contribution in [-0.4, -0.2) is 37.9 Å². The second kappa shape index (κ2) is 5.31. The van der Waals surface area contributed by atoms with Crippen LogP contribution in [0.5, 0.6) is 0 Å². The third-order valence-electron chi connectivity index (χ3n) is 4.55. The van der Waals surface area contributed by atoms with Gasteiger partial charge < -0.3 is 15.7 Å². The second-order valence-corrected chi connectivity index (χ2v) is 5.97. The lowest BCUT2D eigenvalue weighted by atomic mass is 10.0. The van der Waals surface area contributed by atoms with E-state index in [1.54, 1.807) is 28.0 Å². The second-order valence-electron chi connectivity index (χ2n) is 5.97. The number of hydrogen-bond donors (Lipinski definition) is 2. The molecule has 1 amide bonds. The largest absolute Gasteiger partial charge is 0.369 e. The van der Waals surface area contributed by atoms with Gasteiger partial charge in [-0.05, 0) is 24.5 Å². The Bertz CT molecular complexity index is 822. The van der Waals surface area contributed by atoms with Crippen molar-refractivity contribution in [3.05, 3.63) is 66.1 Å². The van der Waals surface area contributed by atoms with Gasteiger partial charge in [0.25, 0.3) is 5.91 Å². The first-order valence-corrected chi connectivity index (χ1v) is 7.74. The lowest BCUT2D eigenvalue weighted by molar-refractivity contribution is -0.116. The monoisotopic (exact) mass is 323 g/mol. The normalized spacial score (nSPS) is 21.9. The Balaban J connectivity index is 1.84. The van der Waals surface area contributed by atoms with E-state index in [1.807, 2.05) is 30.3 Å². The van der Waals surface area contributed by atoms with Crippen molar-refractivity contribution in [1.82, 2.24) is 14.7 Å². The summed E-state index contributed by atoms with van der Waals surface area (Å²) in [5.41, 5.74) is 6.13. The van der Waals surface area contributed by atoms with Crippen LogP contribution in [0.2, 0.25) is 0 Å². The van der Waals surface area contributed by atoms with Crippen LogP contribution in [0.15, 0.2) is 65.6 Å². The summed E-state index contributed by atoms with van der Waals surface area (Å²) in [4.78, 5) is 17.8. The Hall–Kier alpha value is -2.93. The molecule has 3 N–H and O–H groups in total. The molecule has 7 heteroatoms. The van der Waals surface area contributed by atoms with Crippen LogP contribution in [0.1, 0.15) is 18.4 Å². The molecule has 1 saturated carbocycles. The van der Waals surface area contributed by atoms with Crippen molar-refractivity contribution >= 4 is 11.9 Å². The number of benzene rings is 1. The number of amides is 1. The molecule has 1 aliphatic heterocycles. The van der Waals surface area contributed by atoms with Crippen molar-refractivity contribution in [3.8, 4) is 0 Å². The molecule has 1 fully saturated rings. The summed E-state index contributed by atoms with van der Waals surface area (Å²) in [6.45, 7) is 0. The topological polar surface area (TPSA) is 96.7 Å². The summed E-state index contributed by atoms with van der Waals surface area (Å²) >= 11 is 0. The number of aliphatic imine (C=N–C) groups is 1. The standard InChI is InChI=1S/C17H17N5O2/c18-14(23)13-11-19-16(21-10-4-9-20-21)22(15(13)24)17(7-8-17)12-5-2-1-3-6-12/h1-6,9-11,15,24H,7-8H2,(H2,18,23). The Morgan fingerprint density at radius 2 is 2.00 bits per heavy atom. The first-order chi connectivity index (χ1) is 11.6. The van der Waals surface area contributed by atoms with Crippen molar-refractivity contribution in [1.29, 1.82) is 0 Å². The first kappa shape index (κ1) is 14.6. The van der Waals surface area contributed by atoms with Crippen LogP contribution in [-0.2, 0) is 10.3 Å². The fourth-order valence-corrected chi connectivity index (χ4v) is 3.21. The third kappa shape index (κ3) is 2.13. The maximum absolute atomic E-state index is 11.7. The number of aliphatic hydroxyl groups is 1. The number of aromatic nitrogens is 2. The Labute approximate surface area is 138 Å². The van der Waals surface area contributed by atoms with Gasteiger partial charge in [0.1, 0.15) is 0 Å². The summed E-state index contributed by atoms with van der Waals surface area (Å²) in [7, 11) is 0. The molecule has 7 nitrogen and oxygen atoms in total. The van der Waals surface area contributed by atoms with Gasteiger partial charge in [-0.25, -0.2) is 9.67 Å². The number of aliphatic hydroxyl groups excluding tert-OH is 1. The van der Waals surface area contributed by atoms with E-state index in [0.29, 0.717) is 5.96 Å². The summed E-state index contributed by atoms with van der Waals surface area (Å²) in [5, 5.41) is 15.1. The Morgan fingerprint density at radius 3 is 2.58 bits per heavy atom. The zero-order valence-electron chi connectivity index (χ0n) is 12.9. The van der Waals surface area contributed by atoms with Crippen LogP contribution >= 0.6 is 0 Å². The third-order valence-corrected chi connectivity index (χ3v) is 4.55. The van der Waals surface area contributed by atoms with Gasteiger partial charge in [-0.3, -0.25) is 4.79 Å². The number of primary amides is 1. The fourth-order valence-electron chi connectivity index (χ4n) is 3.21. The SMILES string of the molecule is NC(=O)C1=CN=C(n2cccn2)N(C2(c3ccccc3)CC2)C1O. The van der Waals surface area contributed by atoms with Crippen LogP contribution in [0.4, 0.5) is 0 Å². The molecule has 0 saturated heterocycles. The van der Waals surface area contributed by atoms with Crippen molar-refractivity contribution < 1.29 is 9.90 Å². The highest BCUT2D eigenvalue weighted by molar-refractivity contribution is 5.96. The number of carbonyl (C=O) groups is 1. The number of hydrogen-bond acceptors (Lipinski definition) is 5. The van der Waals surface area contributed by atoms with E-state index in [2.05, 4.69) is 10.1 Å². The van der Waals surface area contributed by atoms with Gasteiger partial charge in [0.05, 0.1) is 11.1 Å². The van der Waals surface area contributed by atoms with Gasteiger partial charge in [-0.2, -0.15) is 5.10 Å². The van der Waals surface area contributed by atoms with Gasteiger partial charge in [0.2, 0.25) is 5.96 Å². The van der Waals surface area contributed by atoms with Crippen molar-refractivity contribution in [2.45, 2.75) is 24.6 Å². The van der Waals surface area contributed by atoms with E-state index >= 15 is 0 Å². The molecule has 1 aliphatic carbocycles. The zero-order valence-corrected chi connectivity index (χ0v) is 12.9. The number of carbonyl (C=O) groups excluding carboxylic acids is 1. The molecular formula is C17H17N5O2. The average Bonchev–Trinajstić information content (AvgIpc) is 3.20. The minimum Gasteiger partial charge on any atom is -0.369 e. The number of rotatable bonds is 3. The molecule has 1 atom stereocenters. The van der Waals surface area contributed by atoms with E-state index in [0.717, 1.165) is 18.4 Å². The van der Waals surface area contributed by atoms with Crippen LogP contribution < -0.4 is 5.73 Å². The van der Waals surface area contributed by atoms with Gasteiger partial charge in [-0.15, -0.1) is 0 Å². The molecule has 0 bridgehead atoms. The highest BCUT2D eigenvalue weighted by Crippen LogP contribution is 2.52. The zero-order chi connectivity index (χ0) is 16.7. The van der Waals surface area contributed by atoms with E-state index in [-0.39, 0.29) is 5.57 Å². The maximum atomic E-state index is 11.7. The quantitative estimate of drug-likeness (QED) is 0.872. The molecule has 1 aromatic carbocycles. The van der Waals surface area contributed by atoms with Crippen molar-refractivity contribution in [3.63, 3.8) is 0 Å². The first-order valence-electron chi connectivity index (χ1n) is 7.74. The predicted octanol–water partition coefficient (Wildman–Crippen LogP) is 0.780. The molecule has 2 aromatic rings. The van der Waals surface area contributed by atoms with Crippen LogP contribution in [0, 0.1) is 0 Å². The maximum Gasteiger partial charge on any atom is 0.250 e. The van der Waals surface area contributed by atoms with Gasteiger partial charge in [0.15, 0.2) is 6.23 Å². The number of nitrogens with zero attached hydrogens (tertiary/aromatic N) is 4. The minimum absolute atomic E-state index is 0.0770. The molecule has 4 rings (SSSR count). The van der Waals surface area contributed by atoms with Crippen molar-refractivity contribution in [2.24, 2.45) is 10.7 Å². The van der Waals surface area contributed by atoms with Gasteiger partial charge >= 0.3 is 0 Å². The highest BCUT2D eigenvalue weighted by atomic mass is 16.3. The minimum atomic E-state index is -1.16. The summed E-state index contributed by atoms with van der Waals surface area (Å²) in [6, 6.07) is 11.7. The lowest BCUT2D eigenvalue weighted by Crippen LogP contribution is -2.53. The summed E-state index contributed by atoms with van der Waals surface area (Å²) < 4.78 is 1.58. The number of nitrogens with two attached hydrogens (primary N) is 1. The molecule has 2 heterocycles. The van der Waals surface area contributed by atoms with Crippen molar-refractivity contribution in [2.75, 3.05) is 0 Å². The molecular weight excluding hydrogens is 306 g/mol. The summed E-state index contributed by atoms with van der Waals surface area (Å²) in [6.07, 6.45) is 5.25. The summed E-state index contributed by atoms with van der Waals surface area (Å²) in [5.74, 6) is -0.210. The lowest BCUT2D eigenvalue weighted by Gasteiger charge is -2.40. The van der Waals surface area contributed by atoms with Gasteiger partial charge in [0, 0.05) is 18.6 Å². The molecule has 1 unspecified atom stereocenters. The average molecular weight is 323 g/mol. The molecule has 122 valence electrons. The molecule has 0 spiro atoms. The smallest absolute Gasteiger partial charge is 0.250 e. The van der Waals surface area contributed by atoms with E-state index in [1.165, 1.54) is 6.20 Å². The molecule has 2 aliphatic rings. The molecule has 0 radical (unpaired) electrons. The Morgan fingerprint density at radius 1 is 1.25 bits per heavy atom. The van der Waals surface area contributed by atoms with Crippen LogP contribution in [0.25, 0.3) is 0 Å². The van der Waals surface area contributed by atoms with E-state index in [9.17, 15) is 9.90 Å². The van der Waals surface area contributed by atoms with Crippen LogP contribution in [0.3, 0.4) is 0 Å². The fraction of sp³-hybridized carbons (Fsp3) is 0.235.